The summed E-state index contributed by atoms with van der Waals surface area (Å²) in [4.78, 5) is 0. The molecule has 1 aromatic carbocycles. The number of nitrogens with two attached hydrogens (primary N) is 1. The summed E-state index contributed by atoms with van der Waals surface area (Å²) in [6, 6.07) is 7.97. The molecule has 0 amide bonds. The fraction of sp³-hybridized carbons (Fsp3) is 0.500. The lowest BCUT2D eigenvalue weighted by atomic mass is 10.00. The van der Waals surface area contributed by atoms with E-state index in [1.165, 1.54) is 6.42 Å². The molecule has 1 rings (SSSR count). The first kappa shape index (κ1) is 13.4. The van der Waals surface area contributed by atoms with Crippen LogP contribution < -0.4 is 11.1 Å². The van der Waals surface area contributed by atoms with Gasteiger partial charge in [0.05, 0.1) is 16.9 Å². The predicted octanol–water partition coefficient (Wildman–Crippen LogP) is 3.38. The molecule has 17 heavy (non-hydrogen) atoms. The zero-order valence-electron chi connectivity index (χ0n) is 10.8. The summed E-state index contributed by atoms with van der Waals surface area (Å²) in [5.41, 5.74) is 7.86. The van der Waals surface area contributed by atoms with Gasteiger partial charge in [0, 0.05) is 6.04 Å². The van der Waals surface area contributed by atoms with Crippen LogP contribution in [0.1, 0.15) is 39.2 Å². The van der Waals surface area contributed by atoms with Crippen LogP contribution in [-0.2, 0) is 0 Å². The van der Waals surface area contributed by atoms with Gasteiger partial charge in [-0.05, 0) is 31.4 Å². The van der Waals surface area contributed by atoms with Gasteiger partial charge in [0.15, 0.2) is 0 Å². The lowest BCUT2D eigenvalue weighted by Gasteiger charge is -2.20. The van der Waals surface area contributed by atoms with Gasteiger partial charge in [0.2, 0.25) is 0 Å². The Kier molecular flexibility index (Phi) is 4.84. The van der Waals surface area contributed by atoms with E-state index in [1.54, 1.807) is 6.07 Å². The van der Waals surface area contributed by atoms with Crippen LogP contribution in [0.5, 0.6) is 0 Å². The van der Waals surface area contributed by atoms with Gasteiger partial charge in [-0.1, -0.05) is 26.3 Å². The molecule has 0 aliphatic heterocycles. The van der Waals surface area contributed by atoms with E-state index < -0.39 is 0 Å². The largest absolute Gasteiger partial charge is 0.396 e. The minimum atomic E-state index is 0.362. The molecule has 0 heterocycles. The number of rotatable bonds is 5. The van der Waals surface area contributed by atoms with E-state index >= 15 is 0 Å². The van der Waals surface area contributed by atoms with Crippen LogP contribution >= 0.6 is 0 Å². The Morgan fingerprint density at radius 1 is 1.41 bits per heavy atom. The van der Waals surface area contributed by atoms with Gasteiger partial charge < -0.3 is 11.1 Å². The third-order valence-corrected chi connectivity index (χ3v) is 3.08. The van der Waals surface area contributed by atoms with Crippen LogP contribution in [-0.4, -0.2) is 6.04 Å². The Bertz CT molecular complexity index is 406. The minimum absolute atomic E-state index is 0.362. The van der Waals surface area contributed by atoms with Crippen molar-refractivity contribution in [1.82, 2.24) is 0 Å². The van der Waals surface area contributed by atoms with E-state index in [0.29, 0.717) is 23.2 Å². The molecular formula is C14H21N3. The number of nitrogens with one attached hydrogen (secondary N) is 1. The van der Waals surface area contributed by atoms with Crippen LogP contribution in [0.15, 0.2) is 18.2 Å². The summed E-state index contributed by atoms with van der Waals surface area (Å²) < 4.78 is 0. The van der Waals surface area contributed by atoms with Crippen molar-refractivity contribution in [2.75, 3.05) is 11.1 Å². The molecule has 2 unspecified atom stereocenters. The average molecular weight is 231 g/mol. The SMILES string of the molecule is CCC(C)CC(C)Nc1cccc(C#N)c1N. The molecule has 3 heteroatoms. The van der Waals surface area contributed by atoms with E-state index in [4.69, 9.17) is 11.0 Å². The monoisotopic (exact) mass is 231 g/mol. The summed E-state index contributed by atoms with van der Waals surface area (Å²) in [5, 5.41) is 12.3. The summed E-state index contributed by atoms with van der Waals surface area (Å²) in [5.74, 6) is 0.692. The Morgan fingerprint density at radius 2 is 2.12 bits per heavy atom. The second-order valence-corrected chi connectivity index (χ2v) is 4.67. The molecule has 0 radical (unpaired) electrons. The zero-order valence-corrected chi connectivity index (χ0v) is 10.8. The van der Waals surface area contributed by atoms with Gasteiger partial charge >= 0.3 is 0 Å². The fourth-order valence-corrected chi connectivity index (χ4v) is 1.88. The number of hydrogen-bond donors (Lipinski definition) is 2. The van der Waals surface area contributed by atoms with Gasteiger partial charge in [-0.25, -0.2) is 0 Å². The van der Waals surface area contributed by atoms with E-state index in [-0.39, 0.29) is 0 Å². The lowest BCUT2D eigenvalue weighted by Crippen LogP contribution is -2.19. The number of nitrogen functional groups attached to an aromatic ring is 1. The molecule has 3 nitrogen and oxygen atoms in total. The maximum atomic E-state index is 8.90. The smallest absolute Gasteiger partial charge is 0.101 e. The summed E-state index contributed by atoms with van der Waals surface area (Å²) in [7, 11) is 0. The fourth-order valence-electron chi connectivity index (χ4n) is 1.88. The van der Waals surface area contributed by atoms with Crippen LogP contribution in [0.25, 0.3) is 0 Å². The first-order chi connectivity index (χ1) is 8.08. The van der Waals surface area contributed by atoms with Crippen molar-refractivity contribution in [3.05, 3.63) is 23.8 Å². The van der Waals surface area contributed by atoms with E-state index in [0.717, 1.165) is 12.1 Å². The molecule has 0 aliphatic rings. The highest BCUT2D eigenvalue weighted by molar-refractivity contribution is 5.73. The molecule has 1 aromatic rings. The second-order valence-electron chi connectivity index (χ2n) is 4.67. The first-order valence-corrected chi connectivity index (χ1v) is 6.13. The van der Waals surface area contributed by atoms with Gasteiger partial charge in [-0.15, -0.1) is 0 Å². The topological polar surface area (TPSA) is 61.8 Å². The number of nitriles is 1. The standard InChI is InChI=1S/C14H21N3/c1-4-10(2)8-11(3)17-13-7-5-6-12(9-15)14(13)16/h5-7,10-11,17H,4,8,16H2,1-3H3. The normalized spacial score (nSPS) is 13.8. The molecule has 0 spiro atoms. The molecule has 92 valence electrons. The Morgan fingerprint density at radius 3 is 2.71 bits per heavy atom. The quantitative estimate of drug-likeness (QED) is 0.764. The molecule has 0 saturated carbocycles. The van der Waals surface area contributed by atoms with Crippen molar-refractivity contribution >= 4 is 11.4 Å². The summed E-state index contributed by atoms with van der Waals surface area (Å²) in [6.07, 6.45) is 2.28. The Balaban J connectivity index is 2.72. The zero-order chi connectivity index (χ0) is 12.8. The second kappa shape index (κ2) is 6.15. The van der Waals surface area contributed by atoms with Crippen LogP contribution in [0, 0.1) is 17.2 Å². The van der Waals surface area contributed by atoms with Gasteiger partial charge in [-0.2, -0.15) is 5.26 Å². The van der Waals surface area contributed by atoms with E-state index in [2.05, 4.69) is 32.2 Å². The predicted molar refractivity (Wildman–Crippen MR) is 72.7 cm³/mol. The van der Waals surface area contributed by atoms with Crippen LogP contribution in [0.2, 0.25) is 0 Å². The molecule has 0 fully saturated rings. The molecule has 0 aliphatic carbocycles. The molecule has 0 saturated heterocycles. The van der Waals surface area contributed by atoms with Crippen molar-refractivity contribution in [3.63, 3.8) is 0 Å². The lowest BCUT2D eigenvalue weighted by molar-refractivity contribution is 0.484. The van der Waals surface area contributed by atoms with Gasteiger partial charge in [0.25, 0.3) is 0 Å². The van der Waals surface area contributed by atoms with Gasteiger partial charge in [0.1, 0.15) is 6.07 Å². The molecule has 0 aromatic heterocycles. The maximum absolute atomic E-state index is 8.90. The van der Waals surface area contributed by atoms with Crippen molar-refractivity contribution < 1.29 is 0 Å². The summed E-state index contributed by atoms with van der Waals surface area (Å²) >= 11 is 0. The average Bonchev–Trinajstić information content (AvgIpc) is 2.31. The third-order valence-electron chi connectivity index (χ3n) is 3.08. The van der Waals surface area contributed by atoms with Crippen LogP contribution in [0.4, 0.5) is 11.4 Å². The number of nitrogens with zero attached hydrogens (tertiary/aromatic N) is 1. The Labute approximate surface area is 104 Å². The molecule has 3 N–H and O–H groups in total. The highest BCUT2D eigenvalue weighted by Crippen LogP contribution is 2.24. The van der Waals surface area contributed by atoms with Crippen molar-refractivity contribution in [2.45, 2.75) is 39.7 Å². The number of hydrogen-bond acceptors (Lipinski definition) is 3. The third kappa shape index (κ3) is 3.67. The molecule has 0 bridgehead atoms. The highest BCUT2D eigenvalue weighted by atomic mass is 14.9. The molecular weight excluding hydrogens is 210 g/mol. The van der Waals surface area contributed by atoms with E-state index in [9.17, 15) is 0 Å². The highest BCUT2D eigenvalue weighted by Gasteiger charge is 2.10. The maximum Gasteiger partial charge on any atom is 0.101 e. The minimum Gasteiger partial charge on any atom is -0.396 e. The summed E-state index contributed by atoms with van der Waals surface area (Å²) in [6.45, 7) is 6.58. The first-order valence-electron chi connectivity index (χ1n) is 6.13. The van der Waals surface area contributed by atoms with Crippen molar-refractivity contribution in [1.29, 1.82) is 5.26 Å². The molecule has 2 atom stereocenters. The van der Waals surface area contributed by atoms with Crippen molar-refractivity contribution in [3.8, 4) is 6.07 Å². The number of benzene rings is 1. The van der Waals surface area contributed by atoms with Gasteiger partial charge in [-0.3, -0.25) is 0 Å². The number of anilines is 2. The van der Waals surface area contributed by atoms with E-state index in [1.807, 2.05) is 12.1 Å². The Hall–Kier alpha value is -1.69. The van der Waals surface area contributed by atoms with Crippen LogP contribution in [0.3, 0.4) is 0 Å². The number of para-hydroxylation sites is 1. The van der Waals surface area contributed by atoms with Crippen molar-refractivity contribution in [2.24, 2.45) is 5.92 Å².